The number of hydrogen-bond donors (Lipinski definition) is 1. The molecular formula is C24H18N4O2. The second-order valence-electron chi connectivity index (χ2n) is 6.34. The quantitative estimate of drug-likeness (QED) is 0.415. The fraction of sp³-hybridized carbons (Fsp3) is 0.0417. The molecule has 0 bridgehead atoms. The van der Waals surface area contributed by atoms with Crippen LogP contribution in [0.5, 0.6) is 0 Å². The van der Waals surface area contributed by atoms with E-state index in [9.17, 15) is 4.79 Å². The third-order valence-corrected chi connectivity index (χ3v) is 4.34. The summed E-state index contributed by atoms with van der Waals surface area (Å²) in [5.41, 5.74) is 4.65. The van der Waals surface area contributed by atoms with Crippen LogP contribution >= 0.6 is 0 Å². The highest BCUT2D eigenvalue weighted by molar-refractivity contribution is 5.87. The minimum atomic E-state index is -0.470. The summed E-state index contributed by atoms with van der Waals surface area (Å²) < 4.78 is 6.46. The predicted octanol–water partition coefficient (Wildman–Crippen LogP) is 4.20. The standard InChI is InChI=1S/C24H18N4O2/c1-30-24(29)23-14-8-18(17-25-23)7-9-19-5-2-3-6-22(19)27-20-10-12-21(13-11-20)28-16-4-15-26-28/h2-6,8,10-17,27H,1H3. The van der Waals surface area contributed by atoms with Crippen molar-refractivity contribution in [2.24, 2.45) is 0 Å². The number of rotatable bonds is 4. The van der Waals surface area contributed by atoms with Crippen LogP contribution < -0.4 is 5.32 Å². The SMILES string of the molecule is COC(=O)c1ccc(C#Cc2ccccc2Nc2ccc(-n3cccn3)cc2)cn1. The number of anilines is 2. The minimum absolute atomic E-state index is 0.253. The fourth-order valence-corrected chi connectivity index (χ4v) is 2.81. The van der Waals surface area contributed by atoms with Gasteiger partial charge < -0.3 is 10.1 Å². The molecule has 0 aliphatic carbocycles. The van der Waals surface area contributed by atoms with Crippen LogP contribution in [-0.4, -0.2) is 27.8 Å². The van der Waals surface area contributed by atoms with Crippen molar-refractivity contribution in [2.75, 3.05) is 12.4 Å². The number of nitrogens with zero attached hydrogens (tertiary/aromatic N) is 3. The van der Waals surface area contributed by atoms with Crippen LogP contribution in [0.15, 0.2) is 85.3 Å². The smallest absolute Gasteiger partial charge is 0.356 e. The first kappa shape index (κ1) is 19.0. The summed E-state index contributed by atoms with van der Waals surface area (Å²) >= 11 is 0. The zero-order chi connectivity index (χ0) is 20.8. The van der Waals surface area contributed by atoms with Gasteiger partial charge in [-0.2, -0.15) is 5.10 Å². The lowest BCUT2D eigenvalue weighted by molar-refractivity contribution is 0.0594. The molecule has 6 heteroatoms. The van der Waals surface area contributed by atoms with Crippen molar-refractivity contribution in [2.45, 2.75) is 0 Å². The Balaban J connectivity index is 1.52. The summed E-state index contributed by atoms with van der Waals surface area (Å²) in [5.74, 6) is 5.78. The number of ether oxygens (including phenoxy) is 1. The number of hydrogen-bond acceptors (Lipinski definition) is 5. The highest BCUT2D eigenvalue weighted by atomic mass is 16.5. The number of aromatic nitrogens is 3. The van der Waals surface area contributed by atoms with Crippen LogP contribution in [0.1, 0.15) is 21.6 Å². The molecule has 2 aromatic carbocycles. The Morgan fingerprint density at radius 3 is 2.53 bits per heavy atom. The van der Waals surface area contributed by atoms with Crippen LogP contribution in [-0.2, 0) is 4.74 Å². The van der Waals surface area contributed by atoms with E-state index in [-0.39, 0.29) is 5.69 Å². The Labute approximate surface area is 174 Å². The molecule has 0 saturated carbocycles. The Hall–Kier alpha value is -4.37. The van der Waals surface area contributed by atoms with Crippen molar-refractivity contribution in [1.29, 1.82) is 0 Å². The number of carbonyl (C=O) groups is 1. The van der Waals surface area contributed by atoms with Gasteiger partial charge in [0.25, 0.3) is 0 Å². The predicted molar refractivity (Wildman–Crippen MR) is 115 cm³/mol. The van der Waals surface area contributed by atoms with Crippen molar-refractivity contribution in [1.82, 2.24) is 14.8 Å². The number of methoxy groups -OCH3 is 1. The Kier molecular flexibility index (Phi) is 5.54. The second-order valence-corrected chi connectivity index (χ2v) is 6.34. The van der Waals surface area contributed by atoms with Crippen molar-refractivity contribution in [3.63, 3.8) is 0 Å². The maximum absolute atomic E-state index is 11.5. The molecule has 0 aliphatic rings. The van der Waals surface area contributed by atoms with E-state index in [2.05, 4.69) is 32.0 Å². The second kappa shape index (κ2) is 8.76. The normalized spacial score (nSPS) is 10.0. The lowest BCUT2D eigenvalue weighted by Gasteiger charge is -2.09. The summed E-state index contributed by atoms with van der Waals surface area (Å²) in [5, 5.41) is 7.64. The van der Waals surface area contributed by atoms with E-state index in [1.807, 2.05) is 65.5 Å². The molecule has 0 amide bonds. The maximum Gasteiger partial charge on any atom is 0.356 e. The summed E-state index contributed by atoms with van der Waals surface area (Å²) in [4.78, 5) is 15.6. The van der Waals surface area contributed by atoms with Gasteiger partial charge in [0.05, 0.1) is 18.5 Å². The largest absolute Gasteiger partial charge is 0.464 e. The van der Waals surface area contributed by atoms with Gasteiger partial charge in [0, 0.05) is 35.4 Å². The highest BCUT2D eigenvalue weighted by Crippen LogP contribution is 2.21. The van der Waals surface area contributed by atoms with Crippen LogP contribution in [0.25, 0.3) is 5.69 Å². The summed E-state index contributed by atoms with van der Waals surface area (Å²) in [7, 11) is 1.33. The van der Waals surface area contributed by atoms with Gasteiger partial charge in [0.1, 0.15) is 5.69 Å². The molecule has 30 heavy (non-hydrogen) atoms. The molecule has 146 valence electrons. The van der Waals surface area contributed by atoms with Crippen LogP contribution in [0, 0.1) is 11.8 Å². The third kappa shape index (κ3) is 4.37. The monoisotopic (exact) mass is 394 g/mol. The zero-order valence-electron chi connectivity index (χ0n) is 16.2. The number of para-hydroxylation sites is 1. The third-order valence-electron chi connectivity index (χ3n) is 4.34. The first-order chi connectivity index (χ1) is 14.7. The van der Waals surface area contributed by atoms with E-state index in [1.165, 1.54) is 7.11 Å². The summed E-state index contributed by atoms with van der Waals surface area (Å²) in [6, 6.07) is 21.0. The summed E-state index contributed by atoms with van der Waals surface area (Å²) in [6.07, 6.45) is 5.21. The van der Waals surface area contributed by atoms with E-state index >= 15 is 0 Å². The van der Waals surface area contributed by atoms with Gasteiger partial charge in [-0.15, -0.1) is 0 Å². The topological polar surface area (TPSA) is 69.0 Å². The molecule has 2 aromatic heterocycles. The maximum atomic E-state index is 11.5. The average molecular weight is 394 g/mol. The van der Waals surface area contributed by atoms with E-state index in [1.54, 1.807) is 24.5 Å². The Morgan fingerprint density at radius 2 is 1.83 bits per heavy atom. The average Bonchev–Trinajstić information content (AvgIpc) is 3.34. The number of pyridine rings is 1. The van der Waals surface area contributed by atoms with Gasteiger partial charge >= 0.3 is 5.97 Å². The van der Waals surface area contributed by atoms with Crippen molar-refractivity contribution < 1.29 is 9.53 Å². The lowest BCUT2D eigenvalue weighted by Crippen LogP contribution is -2.03. The van der Waals surface area contributed by atoms with Crippen molar-refractivity contribution in [3.05, 3.63) is 102 Å². The molecule has 0 radical (unpaired) electrons. The molecule has 4 aromatic rings. The number of benzene rings is 2. The van der Waals surface area contributed by atoms with Crippen LogP contribution in [0.2, 0.25) is 0 Å². The molecule has 6 nitrogen and oxygen atoms in total. The number of nitrogens with one attached hydrogen (secondary N) is 1. The summed E-state index contributed by atoms with van der Waals surface area (Å²) in [6.45, 7) is 0. The van der Waals surface area contributed by atoms with Gasteiger partial charge in [-0.1, -0.05) is 24.0 Å². The minimum Gasteiger partial charge on any atom is -0.464 e. The van der Waals surface area contributed by atoms with Gasteiger partial charge in [-0.05, 0) is 54.6 Å². The molecule has 0 aliphatic heterocycles. The van der Waals surface area contributed by atoms with Gasteiger partial charge in [0.2, 0.25) is 0 Å². The number of esters is 1. The molecule has 2 heterocycles. The molecule has 0 fully saturated rings. The highest BCUT2D eigenvalue weighted by Gasteiger charge is 2.05. The van der Waals surface area contributed by atoms with E-state index in [0.29, 0.717) is 5.56 Å². The first-order valence-corrected chi connectivity index (χ1v) is 9.25. The molecule has 0 saturated heterocycles. The molecule has 0 atom stereocenters. The van der Waals surface area contributed by atoms with Gasteiger partial charge in [0.15, 0.2) is 0 Å². The lowest BCUT2D eigenvalue weighted by atomic mass is 10.1. The molecule has 0 unspecified atom stereocenters. The first-order valence-electron chi connectivity index (χ1n) is 9.25. The van der Waals surface area contributed by atoms with Gasteiger partial charge in [-0.3, -0.25) is 0 Å². The molecular weight excluding hydrogens is 376 g/mol. The fourth-order valence-electron chi connectivity index (χ4n) is 2.81. The van der Waals surface area contributed by atoms with Crippen LogP contribution in [0.4, 0.5) is 11.4 Å². The zero-order valence-corrected chi connectivity index (χ0v) is 16.2. The molecule has 0 spiro atoms. The Morgan fingerprint density at radius 1 is 1.00 bits per heavy atom. The van der Waals surface area contributed by atoms with E-state index in [4.69, 9.17) is 0 Å². The van der Waals surface area contributed by atoms with Crippen molar-refractivity contribution in [3.8, 4) is 17.5 Å². The van der Waals surface area contributed by atoms with Crippen LogP contribution in [0.3, 0.4) is 0 Å². The van der Waals surface area contributed by atoms with Gasteiger partial charge in [-0.25, -0.2) is 14.5 Å². The number of carbonyl (C=O) groups excluding carboxylic acids is 1. The van der Waals surface area contributed by atoms with Crippen molar-refractivity contribution >= 4 is 17.3 Å². The molecule has 1 N–H and O–H groups in total. The van der Waals surface area contributed by atoms with E-state index in [0.717, 1.165) is 22.6 Å². The Bertz CT molecular complexity index is 1200. The molecule has 4 rings (SSSR count). The van der Waals surface area contributed by atoms with E-state index < -0.39 is 5.97 Å².